The zero-order chi connectivity index (χ0) is 17.4. The molecule has 0 spiro atoms. The van der Waals surface area contributed by atoms with Gasteiger partial charge in [0.05, 0.1) is 5.75 Å². The largest absolute Gasteiger partial charge is 0.339 e. The van der Waals surface area contributed by atoms with E-state index in [-0.39, 0.29) is 5.91 Å². The molecule has 4 rings (SSSR count). The number of hydrogen-bond donors (Lipinski definition) is 0. The van der Waals surface area contributed by atoms with Gasteiger partial charge in [0.15, 0.2) is 0 Å². The Balaban J connectivity index is 1.44. The minimum atomic E-state index is 0.237. The molecule has 7 heteroatoms. The number of likely N-dealkylation sites (tertiary alicyclic amines) is 1. The lowest BCUT2D eigenvalue weighted by molar-refractivity contribution is -0.134. The molecule has 0 N–H and O–H groups in total. The number of nitrogens with zero attached hydrogens (tertiary/aromatic N) is 5. The van der Waals surface area contributed by atoms with Crippen molar-refractivity contribution in [2.24, 2.45) is 5.92 Å². The lowest BCUT2D eigenvalue weighted by Crippen LogP contribution is -2.50. The fraction of sp³-hybridized carbons (Fsp3) is 0.667. The SMILES string of the molecule is Cc1cc(C)n2nc(SCC(=O)N3CCCC4CCCCC43)nc2n1. The highest BCUT2D eigenvalue weighted by Crippen LogP contribution is 2.35. The van der Waals surface area contributed by atoms with Gasteiger partial charge in [-0.1, -0.05) is 24.6 Å². The predicted molar refractivity (Wildman–Crippen MR) is 97.7 cm³/mol. The van der Waals surface area contributed by atoms with Crippen molar-refractivity contribution in [3.63, 3.8) is 0 Å². The summed E-state index contributed by atoms with van der Waals surface area (Å²) in [5.41, 5.74) is 1.94. The summed E-state index contributed by atoms with van der Waals surface area (Å²) < 4.78 is 1.75. The van der Waals surface area contributed by atoms with Crippen LogP contribution < -0.4 is 0 Å². The van der Waals surface area contributed by atoms with E-state index < -0.39 is 0 Å². The van der Waals surface area contributed by atoms with Gasteiger partial charge in [-0.15, -0.1) is 5.10 Å². The van der Waals surface area contributed by atoms with Crippen LogP contribution >= 0.6 is 11.8 Å². The molecule has 2 aromatic heterocycles. The molecule has 2 aliphatic rings. The molecule has 2 aromatic rings. The van der Waals surface area contributed by atoms with E-state index in [1.54, 1.807) is 4.52 Å². The van der Waals surface area contributed by atoms with Crippen LogP contribution in [0.5, 0.6) is 0 Å². The first-order valence-corrected chi connectivity index (χ1v) is 10.2. The molecule has 2 fully saturated rings. The molecule has 0 radical (unpaired) electrons. The van der Waals surface area contributed by atoms with Gasteiger partial charge < -0.3 is 4.90 Å². The Morgan fingerprint density at radius 1 is 1.20 bits per heavy atom. The van der Waals surface area contributed by atoms with Crippen LogP contribution in [0.4, 0.5) is 0 Å². The summed E-state index contributed by atoms with van der Waals surface area (Å²) in [4.78, 5) is 23.8. The Kier molecular flexibility index (Phi) is 4.67. The van der Waals surface area contributed by atoms with Crippen molar-refractivity contribution in [2.45, 2.75) is 63.6 Å². The first-order chi connectivity index (χ1) is 12.1. The van der Waals surface area contributed by atoms with Gasteiger partial charge in [-0.2, -0.15) is 4.98 Å². The first kappa shape index (κ1) is 16.8. The molecule has 1 saturated heterocycles. The van der Waals surface area contributed by atoms with Crippen molar-refractivity contribution in [2.75, 3.05) is 12.3 Å². The Labute approximate surface area is 152 Å². The predicted octanol–water partition coefficient (Wildman–Crippen LogP) is 3.01. The van der Waals surface area contributed by atoms with Crippen molar-refractivity contribution >= 4 is 23.4 Å². The maximum atomic E-state index is 12.8. The van der Waals surface area contributed by atoms with Crippen LogP contribution in [0.15, 0.2) is 11.2 Å². The third kappa shape index (κ3) is 3.38. The molecule has 134 valence electrons. The zero-order valence-corrected chi connectivity index (χ0v) is 15.8. The highest BCUT2D eigenvalue weighted by Gasteiger charge is 2.35. The summed E-state index contributed by atoms with van der Waals surface area (Å²) >= 11 is 1.43. The third-order valence-corrected chi connectivity index (χ3v) is 6.31. The lowest BCUT2D eigenvalue weighted by atomic mass is 9.78. The molecule has 0 aromatic carbocycles. The average Bonchev–Trinajstić information content (AvgIpc) is 3.02. The number of fused-ring (bicyclic) bond motifs is 2. The van der Waals surface area contributed by atoms with Gasteiger partial charge in [-0.25, -0.2) is 9.50 Å². The van der Waals surface area contributed by atoms with Crippen LogP contribution in [0.25, 0.3) is 5.78 Å². The summed E-state index contributed by atoms with van der Waals surface area (Å²) in [6.45, 7) is 4.86. The normalized spacial score (nSPS) is 23.7. The van der Waals surface area contributed by atoms with Crippen LogP contribution in [-0.4, -0.2) is 48.7 Å². The molecule has 2 atom stereocenters. The second-order valence-corrected chi connectivity index (χ2v) is 8.22. The van der Waals surface area contributed by atoms with E-state index in [1.807, 2.05) is 19.9 Å². The first-order valence-electron chi connectivity index (χ1n) is 9.25. The quantitative estimate of drug-likeness (QED) is 0.788. The average molecular weight is 359 g/mol. The molecule has 6 nitrogen and oxygen atoms in total. The van der Waals surface area contributed by atoms with Gasteiger partial charge in [0.25, 0.3) is 5.78 Å². The lowest BCUT2D eigenvalue weighted by Gasteiger charge is -2.44. The van der Waals surface area contributed by atoms with Crippen molar-refractivity contribution in [3.8, 4) is 0 Å². The molecule has 1 amide bonds. The molecule has 3 heterocycles. The smallest absolute Gasteiger partial charge is 0.253 e. The van der Waals surface area contributed by atoms with Crippen LogP contribution in [-0.2, 0) is 4.79 Å². The van der Waals surface area contributed by atoms with Gasteiger partial charge in [0.1, 0.15) is 0 Å². The topological polar surface area (TPSA) is 63.4 Å². The summed E-state index contributed by atoms with van der Waals surface area (Å²) in [5, 5.41) is 5.12. The molecule has 1 aliphatic heterocycles. The van der Waals surface area contributed by atoms with Gasteiger partial charge in [0.2, 0.25) is 11.1 Å². The maximum Gasteiger partial charge on any atom is 0.253 e. The maximum absolute atomic E-state index is 12.8. The number of thioether (sulfide) groups is 1. The molecular formula is C18H25N5OS. The number of carbonyl (C=O) groups excluding carboxylic acids is 1. The van der Waals surface area contributed by atoms with E-state index in [1.165, 1.54) is 43.9 Å². The number of piperidine rings is 1. The molecule has 1 aliphatic carbocycles. The minimum absolute atomic E-state index is 0.237. The molecule has 25 heavy (non-hydrogen) atoms. The second-order valence-electron chi connectivity index (χ2n) is 7.28. The summed E-state index contributed by atoms with van der Waals surface area (Å²) in [6.07, 6.45) is 7.49. The van der Waals surface area contributed by atoms with E-state index in [9.17, 15) is 4.79 Å². The molecule has 0 bridgehead atoms. The molecule has 1 saturated carbocycles. The standard InChI is InChI=1S/C18H25N5OS/c1-12-10-13(2)23-17(19-12)20-18(21-23)25-11-16(24)22-9-5-7-14-6-3-4-8-15(14)22/h10,14-15H,3-9,11H2,1-2H3. The van der Waals surface area contributed by atoms with Crippen LogP contribution in [0.3, 0.4) is 0 Å². The fourth-order valence-electron chi connectivity index (χ4n) is 4.35. The van der Waals surface area contributed by atoms with Crippen LogP contribution in [0, 0.1) is 19.8 Å². The summed E-state index contributed by atoms with van der Waals surface area (Å²) in [6, 6.07) is 2.45. The number of amides is 1. The Bertz CT molecular complexity index is 787. The Morgan fingerprint density at radius 3 is 2.88 bits per heavy atom. The Morgan fingerprint density at radius 2 is 2.00 bits per heavy atom. The van der Waals surface area contributed by atoms with Crippen LogP contribution in [0.2, 0.25) is 0 Å². The zero-order valence-electron chi connectivity index (χ0n) is 14.9. The van der Waals surface area contributed by atoms with Crippen molar-refractivity contribution in [1.29, 1.82) is 0 Å². The number of aromatic nitrogens is 4. The van der Waals surface area contributed by atoms with E-state index in [2.05, 4.69) is 20.0 Å². The van der Waals surface area contributed by atoms with Crippen molar-refractivity contribution < 1.29 is 4.79 Å². The Hall–Kier alpha value is -1.63. The number of carbonyl (C=O) groups is 1. The van der Waals surface area contributed by atoms with E-state index in [4.69, 9.17) is 0 Å². The minimum Gasteiger partial charge on any atom is -0.339 e. The highest BCUT2D eigenvalue weighted by atomic mass is 32.2. The monoisotopic (exact) mass is 359 g/mol. The van der Waals surface area contributed by atoms with Gasteiger partial charge in [0, 0.05) is 24.0 Å². The number of aryl methyl sites for hydroxylation is 2. The van der Waals surface area contributed by atoms with Gasteiger partial charge in [-0.05, 0) is 51.5 Å². The van der Waals surface area contributed by atoms with Crippen LogP contribution in [0.1, 0.15) is 49.9 Å². The molecular weight excluding hydrogens is 334 g/mol. The molecule has 2 unspecified atom stereocenters. The van der Waals surface area contributed by atoms with E-state index >= 15 is 0 Å². The number of hydrogen-bond acceptors (Lipinski definition) is 5. The van der Waals surface area contributed by atoms with E-state index in [0.717, 1.165) is 30.3 Å². The number of rotatable bonds is 3. The highest BCUT2D eigenvalue weighted by molar-refractivity contribution is 7.99. The van der Waals surface area contributed by atoms with Crippen molar-refractivity contribution in [1.82, 2.24) is 24.5 Å². The van der Waals surface area contributed by atoms with Gasteiger partial charge >= 0.3 is 0 Å². The van der Waals surface area contributed by atoms with E-state index in [0.29, 0.717) is 22.7 Å². The summed E-state index contributed by atoms with van der Waals surface area (Å²) in [5.74, 6) is 1.98. The van der Waals surface area contributed by atoms with Gasteiger partial charge in [-0.3, -0.25) is 4.79 Å². The second kappa shape index (κ2) is 6.94. The van der Waals surface area contributed by atoms with Crippen molar-refractivity contribution in [3.05, 3.63) is 17.5 Å². The fourth-order valence-corrected chi connectivity index (χ4v) is 5.06. The third-order valence-electron chi connectivity index (χ3n) is 5.49. The summed E-state index contributed by atoms with van der Waals surface area (Å²) in [7, 11) is 0.